The number of rotatable bonds is 3. The van der Waals surface area contributed by atoms with Crippen LogP contribution in [0.2, 0.25) is 0 Å². The first kappa shape index (κ1) is 18.0. The Morgan fingerprint density at radius 3 is 2.74 bits per heavy atom. The first-order chi connectivity index (χ1) is 13.0. The van der Waals surface area contributed by atoms with Crippen LogP contribution >= 0.6 is 0 Å². The Morgan fingerprint density at radius 2 is 1.96 bits per heavy atom. The van der Waals surface area contributed by atoms with Crippen molar-refractivity contribution in [2.45, 2.75) is 44.9 Å². The second-order valence-electron chi connectivity index (χ2n) is 7.42. The van der Waals surface area contributed by atoms with Crippen LogP contribution in [-0.2, 0) is 14.3 Å². The molecule has 0 spiro atoms. The molecule has 1 fully saturated rings. The van der Waals surface area contributed by atoms with Crippen LogP contribution in [0.5, 0.6) is 5.75 Å². The van der Waals surface area contributed by atoms with E-state index in [4.69, 9.17) is 14.2 Å². The van der Waals surface area contributed by atoms with E-state index >= 15 is 0 Å². The number of hydrogen-bond acceptors (Lipinski definition) is 5. The monoisotopic (exact) mass is 367 g/mol. The molecule has 27 heavy (non-hydrogen) atoms. The largest absolute Gasteiger partial charge is 0.427 e. The normalized spacial score (nSPS) is 23.9. The zero-order valence-corrected chi connectivity index (χ0v) is 15.9. The van der Waals surface area contributed by atoms with Crippen molar-refractivity contribution in [3.05, 3.63) is 59.2 Å². The maximum absolute atomic E-state index is 11.3. The summed E-state index contributed by atoms with van der Waals surface area (Å²) in [6, 6.07) is 14.0. The summed E-state index contributed by atoms with van der Waals surface area (Å²) < 4.78 is 17.5. The summed E-state index contributed by atoms with van der Waals surface area (Å²) in [5.41, 5.74) is 4.51. The van der Waals surface area contributed by atoms with Gasteiger partial charge in [-0.3, -0.25) is 4.79 Å². The number of hydrogen-bond donors (Lipinski definition) is 1. The highest BCUT2D eigenvalue weighted by atomic mass is 16.6. The molecule has 1 saturated heterocycles. The zero-order valence-electron chi connectivity index (χ0n) is 15.9. The fourth-order valence-electron chi connectivity index (χ4n) is 3.85. The average molecular weight is 367 g/mol. The minimum Gasteiger partial charge on any atom is -0.427 e. The second kappa shape index (κ2) is 7.33. The number of carbonyl (C=O) groups excluding carboxylic acids is 1. The molecular weight excluding hydrogens is 342 g/mol. The molecule has 5 nitrogen and oxygen atoms in total. The Morgan fingerprint density at radius 1 is 1.15 bits per heavy atom. The lowest BCUT2D eigenvalue weighted by Crippen LogP contribution is -2.43. The smallest absolute Gasteiger partial charge is 0.308 e. The van der Waals surface area contributed by atoms with Gasteiger partial charge in [0, 0.05) is 18.2 Å². The van der Waals surface area contributed by atoms with E-state index in [9.17, 15) is 4.79 Å². The summed E-state index contributed by atoms with van der Waals surface area (Å²) in [5.74, 6) is 0.665. The maximum Gasteiger partial charge on any atom is 0.308 e. The molecule has 0 saturated carbocycles. The van der Waals surface area contributed by atoms with Gasteiger partial charge >= 0.3 is 5.97 Å². The van der Waals surface area contributed by atoms with E-state index in [0.29, 0.717) is 24.9 Å². The quantitative estimate of drug-likeness (QED) is 0.645. The summed E-state index contributed by atoms with van der Waals surface area (Å²) in [4.78, 5) is 11.3. The molecule has 2 aliphatic rings. The van der Waals surface area contributed by atoms with Crippen LogP contribution in [-0.4, -0.2) is 25.3 Å². The van der Waals surface area contributed by atoms with Crippen molar-refractivity contribution < 1.29 is 19.0 Å². The van der Waals surface area contributed by atoms with Gasteiger partial charge in [0.15, 0.2) is 0 Å². The van der Waals surface area contributed by atoms with Gasteiger partial charge in [-0.25, -0.2) is 0 Å². The minimum absolute atomic E-state index is 0.0804. The number of benzene rings is 2. The second-order valence-corrected chi connectivity index (χ2v) is 7.42. The van der Waals surface area contributed by atoms with E-state index < -0.39 is 0 Å². The van der Waals surface area contributed by atoms with Crippen LogP contribution < -0.4 is 10.1 Å². The molecule has 0 aliphatic carbocycles. The van der Waals surface area contributed by atoms with Crippen molar-refractivity contribution in [2.75, 3.05) is 18.5 Å². The Kier molecular flexibility index (Phi) is 4.89. The third kappa shape index (κ3) is 3.57. The summed E-state index contributed by atoms with van der Waals surface area (Å²) in [6.07, 6.45) is -0.252. The van der Waals surface area contributed by atoms with Crippen LogP contribution in [0.15, 0.2) is 42.5 Å². The van der Waals surface area contributed by atoms with E-state index in [1.165, 1.54) is 12.5 Å². The lowest BCUT2D eigenvalue weighted by atomic mass is 9.86. The third-order valence-corrected chi connectivity index (χ3v) is 5.16. The Balaban J connectivity index is 1.72. The van der Waals surface area contributed by atoms with Crippen molar-refractivity contribution in [3.8, 4) is 5.75 Å². The molecule has 2 aliphatic heterocycles. The van der Waals surface area contributed by atoms with Gasteiger partial charge < -0.3 is 19.5 Å². The minimum atomic E-state index is -0.328. The van der Waals surface area contributed by atoms with Crippen LogP contribution in [0.3, 0.4) is 0 Å². The fraction of sp³-hybridized carbons (Fsp3) is 0.409. The van der Waals surface area contributed by atoms with Gasteiger partial charge in [0.2, 0.25) is 0 Å². The van der Waals surface area contributed by atoms with Gasteiger partial charge in [-0.05, 0) is 35.2 Å². The van der Waals surface area contributed by atoms with Crippen molar-refractivity contribution in [1.82, 2.24) is 0 Å². The Bertz CT molecular complexity index is 848. The third-order valence-electron chi connectivity index (χ3n) is 5.16. The number of nitrogens with one attached hydrogen (secondary N) is 1. The lowest BCUT2D eigenvalue weighted by Gasteiger charge is -2.43. The molecule has 0 aromatic heterocycles. The summed E-state index contributed by atoms with van der Waals surface area (Å²) in [5, 5.41) is 3.61. The topological polar surface area (TPSA) is 56.8 Å². The highest BCUT2D eigenvalue weighted by Gasteiger charge is 2.41. The number of ether oxygens (including phenoxy) is 3. The van der Waals surface area contributed by atoms with Gasteiger partial charge in [0.25, 0.3) is 0 Å². The molecule has 1 N–H and O–H groups in total. The van der Waals surface area contributed by atoms with Gasteiger partial charge in [0.05, 0.1) is 19.3 Å². The fourth-order valence-corrected chi connectivity index (χ4v) is 3.85. The molecule has 142 valence electrons. The van der Waals surface area contributed by atoms with E-state index in [0.717, 1.165) is 16.8 Å². The molecule has 4 rings (SSSR count). The molecule has 2 aromatic carbocycles. The summed E-state index contributed by atoms with van der Waals surface area (Å²) in [6.45, 7) is 6.95. The zero-order chi connectivity index (χ0) is 19.0. The van der Waals surface area contributed by atoms with E-state index in [1.807, 2.05) is 18.2 Å². The van der Waals surface area contributed by atoms with E-state index in [1.54, 1.807) is 6.07 Å². The highest BCUT2D eigenvalue weighted by molar-refractivity contribution is 5.69. The van der Waals surface area contributed by atoms with Crippen LogP contribution in [0.1, 0.15) is 55.5 Å². The van der Waals surface area contributed by atoms with Gasteiger partial charge in [-0.1, -0.05) is 38.1 Å². The molecule has 5 heteroatoms. The number of esters is 1. The molecular formula is C22H25NO4. The molecule has 3 atom stereocenters. The summed E-state index contributed by atoms with van der Waals surface area (Å²) in [7, 11) is 0. The predicted molar refractivity (Wildman–Crippen MR) is 103 cm³/mol. The molecule has 0 bridgehead atoms. The molecule has 2 heterocycles. The van der Waals surface area contributed by atoms with Crippen molar-refractivity contribution in [2.24, 2.45) is 0 Å². The van der Waals surface area contributed by atoms with Crippen LogP contribution in [0.25, 0.3) is 0 Å². The van der Waals surface area contributed by atoms with Gasteiger partial charge in [0.1, 0.15) is 18.0 Å². The SMILES string of the molecule is CC(=O)Oc1cccc(C2Nc3ccc(C(C)C)cc3C3OCCOC23)c1. The molecule has 2 aromatic rings. The maximum atomic E-state index is 11.3. The lowest BCUT2D eigenvalue weighted by molar-refractivity contribution is -0.151. The molecule has 3 unspecified atom stereocenters. The van der Waals surface area contributed by atoms with Crippen molar-refractivity contribution in [3.63, 3.8) is 0 Å². The predicted octanol–water partition coefficient (Wildman–Crippen LogP) is 4.36. The first-order valence-corrected chi connectivity index (χ1v) is 9.45. The van der Waals surface area contributed by atoms with Crippen molar-refractivity contribution >= 4 is 11.7 Å². The number of fused-ring (bicyclic) bond motifs is 3. The van der Waals surface area contributed by atoms with Gasteiger partial charge in [-0.15, -0.1) is 0 Å². The average Bonchev–Trinajstić information content (AvgIpc) is 2.66. The molecule has 0 radical (unpaired) electrons. The van der Waals surface area contributed by atoms with Gasteiger partial charge in [-0.2, -0.15) is 0 Å². The number of carbonyl (C=O) groups is 1. The standard InChI is InChI=1S/C22H25NO4/c1-13(2)15-7-8-19-18(12-15)21-22(26-10-9-25-21)20(23-19)16-5-4-6-17(11-16)27-14(3)24/h4-8,11-13,20-23H,9-10H2,1-3H3. The van der Waals surface area contributed by atoms with Crippen LogP contribution in [0, 0.1) is 0 Å². The Labute approximate surface area is 159 Å². The molecule has 0 amide bonds. The Hall–Kier alpha value is -2.37. The highest BCUT2D eigenvalue weighted by Crippen LogP contribution is 2.45. The van der Waals surface area contributed by atoms with E-state index in [-0.39, 0.29) is 24.2 Å². The number of anilines is 1. The summed E-state index contributed by atoms with van der Waals surface area (Å²) >= 11 is 0. The van der Waals surface area contributed by atoms with E-state index in [2.05, 4.69) is 37.4 Å². The van der Waals surface area contributed by atoms with Crippen molar-refractivity contribution in [1.29, 1.82) is 0 Å². The van der Waals surface area contributed by atoms with Crippen LogP contribution in [0.4, 0.5) is 5.69 Å². The first-order valence-electron chi connectivity index (χ1n) is 9.45.